The lowest BCUT2D eigenvalue weighted by Crippen LogP contribution is -2.53. The molecule has 1 rings (SSSR count). The molecule has 0 aromatic heterocycles. The average Bonchev–Trinajstić information content (AvgIpc) is 2.25. The Balaban J connectivity index is 2.52. The van der Waals surface area contributed by atoms with Gasteiger partial charge < -0.3 is 10.0 Å². The van der Waals surface area contributed by atoms with Crippen LogP contribution in [0.1, 0.15) is 27.2 Å². The number of piperazine rings is 1. The van der Waals surface area contributed by atoms with E-state index in [1.165, 1.54) is 4.31 Å². The molecule has 0 saturated carbocycles. The van der Waals surface area contributed by atoms with Crippen LogP contribution in [-0.2, 0) is 14.8 Å². The zero-order valence-corrected chi connectivity index (χ0v) is 12.0. The fourth-order valence-electron chi connectivity index (χ4n) is 1.83. The van der Waals surface area contributed by atoms with E-state index in [0.29, 0.717) is 32.7 Å². The Morgan fingerprint density at radius 2 is 1.67 bits per heavy atom. The topological polar surface area (TPSA) is 77.9 Å². The Morgan fingerprint density at radius 3 is 2.06 bits per heavy atom. The van der Waals surface area contributed by atoms with Crippen LogP contribution in [0.4, 0.5) is 0 Å². The Bertz CT molecular complexity index is 392. The molecule has 0 spiro atoms. The number of hydrogen-bond donors (Lipinski definition) is 1. The maximum atomic E-state index is 12.2. The third kappa shape index (κ3) is 3.66. The molecule has 0 atom stereocenters. The zero-order chi connectivity index (χ0) is 14.0. The number of rotatable bonds is 4. The predicted octanol–water partition coefficient (Wildman–Crippen LogP) is 0.207. The van der Waals surface area contributed by atoms with Crippen molar-refractivity contribution in [3.05, 3.63) is 0 Å². The molecular weight excluding hydrogens is 256 g/mol. The largest absolute Gasteiger partial charge is 0.481 e. The minimum atomic E-state index is -3.26. The highest BCUT2D eigenvalue weighted by Gasteiger charge is 2.36. The molecule has 0 aliphatic carbocycles. The van der Waals surface area contributed by atoms with E-state index >= 15 is 0 Å². The van der Waals surface area contributed by atoms with Crippen molar-refractivity contribution in [2.45, 2.75) is 31.9 Å². The van der Waals surface area contributed by atoms with Crippen molar-refractivity contribution in [1.29, 1.82) is 0 Å². The van der Waals surface area contributed by atoms with Crippen molar-refractivity contribution in [2.75, 3.05) is 32.7 Å². The molecule has 1 aliphatic heterocycles. The van der Waals surface area contributed by atoms with Crippen LogP contribution in [0.5, 0.6) is 0 Å². The van der Waals surface area contributed by atoms with Gasteiger partial charge in [-0.15, -0.1) is 0 Å². The number of sulfonamides is 1. The van der Waals surface area contributed by atoms with Crippen molar-refractivity contribution >= 4 is 16.0 Å². The molecule has 18 heavy (non-hydrogen) atoms. The molecule has 0 aromatic carbocycles. The van der Waals surface area contributed by atoms with Gasteiger partial charge in [0.05, 0.1) is 11.2 Å². The maximum Gasteiger partial charge on any atom is 0.304 e. The fraction of sp³-hybridized carbons (Fsp3) is 0.909. The molecule has 0 bridgehead atoms. The normalized spacial score (nSPS) is 19.9. The second-order valence-electron chi connectivity index (χ2n) is 5.50. The van der Waals surface area contributed by atoms with Crippen LogP contribution >= 0.6 is 0 Å². The zero-order valence-electron chi connectivity index (χ0n) is 11.2. The third-order valence-corrected chi connectivity index (χ3v) is 5.68. The molecule has 1 N–H and O–H groups in total. The molecule has 1 aliphatic rings. The van der Waals surface area contributed by atoms with Crippen LogP contribution in [0.2, 0.25) is 0 Å². The molecule has 0 aromatic rings. The maximum absolute atomic E-state index is 12.2. The second-order valence-corrected chi connectivity index (χ2v) is 8.19. The second kappa shape index (κ2) is 5.54. The highest BCUT2D eigenvalue weighted by Crippen LogP contribution is 2.21. The van der Waals surface area contributed by atoms with Crippen molar-refractivity contribution in [2.24, 2.45) is 0 Å². The van der Waals surface area contributed by atoms with Gasteiger partial charge in [0.1, 0.15) is 0 Å². The minimum Gasteiger partial charge on any atom is -0.481 e. The van der Waals surface area contributed by atoms with E-state index in [0.717, 1.165) is 0 Å². The van der Waals surface area contributed by atoms with Gasteiger partial charge in [0.15, 0.2) is 0 Å². The Kier molecular flexibility index (Phi) is 4.74. The SMILES string of the molecule is CC(C)(C)S(=O)(=O)N1CCN(CCC(=O)O)CC1. The minimum absolute atomic E-state index is 0.103. The Hall–Kier alpha value is -0.660. The number of aliphatic carboxylic acids is 1. The number of carboxylic acids is 1. The number of carbonyl (C=O) groups is 1. The number of carboxylic acid groups (broad SMARTS) is 1. The molecule has 0 radical (unpaired) electrons. The summed E-state index contributed by atoms with van der Waals surface area (Å²) in [6, 6.07) is 0. The van der Waals surface area contributed by atoms with Gasteiger partial charge in [-0.2, -0.15) is 4.31 Å². The summed E-state index contributed by atoms with van der Waals surface area (Å²) in [4.78, 5) is 12.5. The average molecular weight is 278 g/mol. The summed E-state index contributed by atoms with van der Waals surface area (Å²) in [5.41, 5.74) is 0. The van der Waals surface area contributed by atoms with Gasteiger partial charge in [0, 0.05) is 32.7 Å². The molecule has 1 fully saturated rings. The first kappa shape index (κ1) is 15.4. The lowest BCUT2D eigenvalue weighted by atomic mass is 10.3. The van der Waals surface area contributed by atoms with Gasteiger partial charge in [0.25, 0.3) is 0 Å². The molecule has 0 amide bonds. The van der Waals surface area contributed by atoms with Crippen LogP contribution in [0.25, 0.3) is 0 Å². The number of hydrogen-bond acceptors (Lipinski definition) is 4. The highest BCUT2D eigenvalue weighted by atomic mass is 32.2. The molecule has 1 saturated heterocycles. The van der Waals surface area contributed by atoms with Crippen LogP contribution < -0.4 is 0 Å². The van der Waals surface area contributed by atoms with Gasteiger partial charge in [-0.3, -0.25) is 4.79 Å². The van der Waals surface area contributed by atoms with E-state index in [1.807, 2.05) is 4.90 Å². The first-order valence-electron chi connectivity index (χ1n) is 6.08. The molecule has 7 heteroatoms. The first-order chi connectivity index (χ1) is 8.14. The summed E-state index contributed by atoms with van der Waals surface area (Å²) in [6.45, 7) is 7.65. The lowest BCUT2D eigenvalue weighted by Gasteiger charge is -2.37. The summed E-state index contributed by atoms with van der Waals surface area (Å²) >= 11 is 0. The van der Waals surface area contributed by atoms with Crippen LogP contribution in [0.3, 0.4) is 0 Å². The van der Waals surface area contributed by atoms with E-state index < -0.39 is 20.7 Å². The first-order valence-corrected chi connectivity index (χ1v) is 7.52. The van der Waals surface area contributed by atoms with E-state index in [1.54, 1.807) is 20.8 Å². The van der Waals surface area contributed by atoms with Crippen molar-refractivity contribution < 1.29 is 18.3 Å². The van der Waals surface area contributed by atoms with Gasteiger partial charge in [0.2, 0.25) is 10.0 Å². The van der Waals surface area contributed by atoms with Crippen molar-refractivity contribution in [3.8, 4) is 0 Å². The highest BCUT2D eigenvalue weighted by molar-refractivity contribution is 7.90. The summed E-state index contributed by atoms with van der Waals surface area (Å²) in [7, 11) is -3.26. The summed E-state index contributed by atoms with van der Waals surface area (Å²) in [5, 5.41) is 8.60. The Labute approximate surface area is 109 Å². The van der Waals surface area contributed by atoms with Gasteiger partial charge in [-0.05, 0) is 20.8 Å². The van der Waals surface area contributed by atoms with E-state index in [2.05, 4.69) is 0 Å². The summed E-state index contributed by atoms with van der Waals surface area (Å²) < 4.78 is 25.1. The molecular formula is C11H22N2O4S. The van der Waals surface area contributed by atoms with Gasteiger partial charge in [-0.1, -0.05) is 0 Å². The molecule has 1 heterocycles. The number of nitrogens with zero attached hydrogens (tertiary/aromatic N) is 2. The Morgan fingerprint density at radius 1 is 1.17 bits per heavy atom. The predicted molar refractivity (Wildman–Crippen MR) is 68.9 cm³/mol. The van der Waals surface area contributed by atoms with Crippen LogP contribution in [0, 0.1) is 0 Å². The monoisotopic (exact) mass is 278 g/mol. The lowest BCUT2D eigenvalue weighted by molar-refractivity contribution is -0.137. The fourth-order valence-corrected chi connectivity index (χ4v) is 3.25. The smallest absolute Gasteiger partial charge is 0.304 e. The van der Waals surface area contributed by atoms with E-state index in [-0.39, 0.29) is 6.42 Å². The van der Waals surface area contributed by atoms with Gasteiger partial charge in [-0.25, -0.2) is 8.42 Å². The summed E-state index contributed by atoms with van der Waals surface area (Å²) in [6.07, 6.45) is 0.103. The molecule has 6 nitrogen and oxygen atoms in total. The summed E-state index contributed by atoms with van der Waals surface area (Å²) in [5.74, 6) is -0.820. The molecule has 0 unspecified atom stereocenters. The van der Waals surface area contributed by atoms with E-state index in [4.69, 9.17) is 5.11 Å². The van der Waals surface area contributed by atoms with Crippen LogP contribution in [0.15, 0.2) is 0 Å². The quantitative estimate of drug-likeness (QED) is 0.795. The van der Waals surface area contributed by atoms with Crippen molar-refractivity contribution in [1.82, 2.24) is 9.21 Å². The van der Waals surface area contributed by atoms with E-state index in [9.17, 15) is 13.2 Å². The van der Waals surface area contributed by atoms with Crippen molar-refractivity contribution in [3.63, 3.8) is 0 Å². The molecule has 106 valence electrons. The standard InChI is InChI=1S/C11H22N2O4S/c1-11(2,3)18(16,17)13-8-6-12(7-9-13)5-4-10(14)15/h4-9H2,1-3H3,(H,14,15). The van der Waals surface area contributed by atoms with Crippen LogP contribution in [-0.4, -0.2) is 66.2 Å². The third-order valence-electron chi connectivity index (χ3n) is 3.09. The van der Waals surface area contributed by atoms with Gasteiger partial charge >= 0.3 is 5.97 Å².